The molecule has 1 amide bonds. The van der Waals surface area contributed by atoms with Crippen LogP contribution < -0.4 is 10.6 Å². The summed E-state index contributed by atoms with van der Waals surface area (Å²) in [6.07, 6.45) is 2.12. The number of para-hydroxylation sites is 1. The number of aromatic hydroxyl groups is 1. The molecule has 2 aromatic carbocycles. The van der Waals surface area contributed by atoms with Crippen molar-refractivity contribution in [2.75, 3.05) is 17.2 Å². The summed E-state index contributed by atoms with van der Waals surface area (Å²) in [7, 11) is 0. The molecule has 0 aliphatic carbocycles. The Bertz CT molecular complexity index is 695. The number of carbonyl (C=O) groups excluding carboxylic acids is 1. The van der Waals surface area contributed by atoms with E-state index in [9.17, 15) is 9.90 Å². The van der Waals surface area contributed by atoms with Crippen LogP contribution in [0.1, 0.15) is 27.9 Å². The van der Waals surface area contributed by atoms with Crippen LogP contribution in [-0.4, -0.2) is 17.6 Å². The summed E-state index contributed by atoms with van der Waals surface area (Å²) in [5.41, 5.74) is 4.09. The molecule has 108 valence electrons. The van der Waals surface area contributed by atoms with Gasteiger partial charge < -0.3 is 15.7 Å². The molecule has 21 heavy (non-hydrogen) atoms. The van der Waals surface area contributed by atoms with E-state index in [0.717, 1.165) is 30.8 Å². The number of rotatable bonds is 2. The van der Waals surface area contributed by atoms with E-state index in [1.54, 1.807) is 25.1 Å². The van der Waals surface area contributed by atoms with Crippen LogP contribution in [0.3, 0.4) is 0 Å². The smallest absolute Gasteiger partial charge is 0.259 e. The zero-order valence-corrected chi connectivity index (χ0v) is 11.9. The molecule has 3 N–H and O–H groups in total. The summed E-state index contributed by atoms with van der Waals surface area (Å²) < 4.78 is 0. The van der Waals surface area contributed by atoms with E-state index >= 15 is 0 Å². The minimum absolute atomic E-state index is 0.0367. The summed E-state index contributed by atoms with van der Waals surface area (Å²) >= 11 is 0. The Balaban J connectivity index is 1.83. The van der Waals surface area contributed by atoms with Crippen LogP contribution in [-0.2, 0) is 6.42 Å². The van der Waals surface area contributed by atoms with Gasteiger partial charge in [0.15, 0.2) is 0 Å². The summed E-state index contributed by atoms with van der Waals surface area (Å²) in [4.78, 5) is 12.3. The molecule has 0 bridgehead atoms. The van der Waals surface area contributed by atoms with E-state index in [-0.39, 0.29) is 11.7 Å². The van der Waals surface area contributed by atoms with Crippen LogP contribution >= 0.6 is 0 Å². The number of phenols is 1. The van der Waals surface area contributed by atoms with Crippen molar-refractivity contribution in [3.05, 3.63) is 53.1 Å². The number of nitrogens with one attached hydrogen (secondary N) is 2. The first-order valence-electron chi connectivity index (χ1n) is 7.12. The molecule has 4 heteroatoms. The van der Waals surface area contributed by atoms with Crippen LogP contribution in [0.15, 0.2) is 36.4 Å². The number of fused-ring (bicyclic) bond motifs is 1. The van der Waals surface area contributed by atoms with Gasteiger partial charge in [-0.05, 0) is 55.2 Å². The summed E-state index contributed by atoms with van der Waals surface area (Å²) in [6.45, 7) is 2.77. The SMILES string of the molecule is Cc1cccc(C(=O)Nc2ccc3c(c2)CCCN3)c1O. The molecular weight excluding hydrogens is 264 g/mol. The fourth-order valence-electron chi connectivity index (χ4n) is 2.59. The van der Waals surface area contributed by atoms with Crippen molar-refractivity contribution in [3.8, 4) is 5.75 Å². The molecule has 0 unspecified atom stereocenters. The quantitative estimate of drug-likeness (QED) is 0.792. The van der Waals surface area contributed by atoms with Gasteiger partial charge in [-0.1, -0.05) is 12.1 Å². The van der Waals surface area contributed by atoms with Gasteiger partial charge in [0.2, 0.25) is 0 Å². The van der Waals surface area contributed by atoms with Crippen LogP contribution in [0, 0.1) is 6.92 Å². The highest BCUT2D eigenvalue weighted by molar-refractivity contribution is 6.06. The van der Waals surface area contributed by atoms with Crippen molar-refractivity contribution in [2.24, 2.45) is 0 Å². The lowest BCUT2D eigenvalue weighted by Crippen LogP contribution is -2.15. The highest BCUT2D eigenvalue weighted by Gasteiger charge is 2.14. The number of aryl methyl sites for hydroxylation is 2. The average molecular weight is 282 g/mol. The molecule has 2 aromatic rings. The van der Waals surface area contributed by atoms with E-state index in [4.69, 9.17) is 0 Å². The maximum absolute atomic E-state index is 12.3. The number of carbonyl (C=O) groups is 1. The monoisotopic (exact) mass is 282 g/mol. The number of anilines is 2. The maximum atomic E-state index is 12.3. The Hall–Kier alpha value is -2.49. The fourth-order valence-corrected chi connectivity index (χ4v) is 2.59. The molecule has 0 saturated carbocycles. The van der Waals surface area contributed by atoms with Gasteiger partial charge in [0.1, 0.15) is 5.75 Å². The summed E-state index contributed by atoms with van der Waals surface area (Å²) in [5, 5.41) is 16.2. The van der Waals surface area contributed by atoms with Crippen molar-refractivity contribution in [3.63, 3.8) is 0 Å². The van der Waals surface area contributed by atoms with Crippen molar-refractivity contribution in [2.45, 2.75) is 19.8 Å². The third kappa shape index (κ3) is 2.70. The standard InChI is InChI=1S/C17H18N2O2/c1-11-4-2-6-14(16(11)20)17(21)19-13-7-8-15-12(10-13)5-3-9-18-15/h2,4,6-8,10,18,20H,3,5,9H2,1H3,(H,19,21). The Morgan fingerprint density at radius 2 is 2.14 bits per heavy atom. The predicted molar refractivity (Wildman–Crippen MR) is 84.0 cm³/mol. The molecule has 3 rings (SSSR count). The third-order valence-electron chi connectivity index (χ3n) is 3.78. The van der Waals surface area contributed by atoms with Gasteiger partial charge >= 0.3 is 0 Å². The van der Waals surface area contributed by atoms with Gasteiger partial charge in [-0.25, -0.2) is 0 Å². The zero-order valence-electron chi connectivity index (χ0n) is 11.9. The van der Waals surface area contributed by atoms with E-state index in [0.29, 0.717) is 11.1 Å². The topological polar surface area (TPSA) is 61.4 Å². The van der Waals surface area contributed by atoms with Crippen LogP contribution in [0.5, 0.6) is 5.75 Å². The first-order valence-corrected chi connectivity index (χ1v) is 7.12. The van der Waals surface area contributed by atoms with Gasteiger partial charge in [0.05, 0.1) is 5.56 Å². The van der Waals surface area contributed by atoms with E-state index in [1.165, 1.54) is 5.56 Å². The van der Waals surface area contributed by atoms with Crippen LogP contribution in [0.2, 0.25) is 0 Å². The van der Waals surface area contributed by atoms with Gasteiger partial charge in [0, 0.05) is 17.9 Å². The normalized spacial score (nSPS) is 13.2. The lowest BCUT2D eigenvalue weighted by atomic mass is 10.0. The Kier molecular flexibility index (Phi) is 3.52. The number of benzene rings is 2. The third-order valence-corrected chi connectivity index (χ3v) is 3.78. The number of hydrogen-bond donors (Lipinski definition) is 3. The second-order valence-corrected chi connectivity index (χ2v) is 5.33. The largest absolute Gasteiger partial charge is 0.507 e. The Morgan fingerprint density at radius 1 is 1.29 bits per heavy atom. The highest BCUT2D eigenvalue weighted by atomic mass is 16.3. The molecule has 0 atom stereocenters. The van der Waals surface area contributed by atoms with E-state index in [1.807, 2.05) is 18.2 Å². The highest BCUT2D eigenvalue weighted by Crippen LogP contribution is 2.26. The van der Waals surface area contributed by atoms with Gasteiger partial charge in [-0.3, -0.25) is 4.79 Å². The second-order valence-electron chi connectivity index (χ2n) is 5.33. The molecule has 1 aliphatic heterocycles. The zero-order chi connectivity index (χ0) is 14.8. The van der Waals surface area contributed by atoms with Gasteiger partial charge in [-0.15, -0.1) is 0 Å². The minimum Gasteiger partial charge on any atom is -0.507 e. The molecule has 0 radical (unpaired) electrons. The predicted octanol–water partition coefficient (Wildman–Crippen LogP) is 3.31. The van der Waals surface area contributed by atoms with Crippen molar-refractivity contribution < 1.29 is 9.90 Å². The number of phenolic OH excluding ortho intramolecular Hbond substituents is 1. The molecule has 4 nitrogen and oxygen atoms in total. The first kappa shape index (κ1) is 13.5. The minimum atomic E-state index is -0.292. The van der Waals surface area contributed by atoms with Crippen LogP contribution in [0.4, 0.5) is 11.4 Å². The Morgan fingerprint density at radius 3 is 3.00 bits per heavy atom. The number of amides is 1. The molecule has 0 fully saturated rings. The van der Waals surface area contributed by atoms with E-state index < -0.39 is 0 Å². The Labute approximate surface area is 123 Å². The van der Waals surface area contributed by atoms with Crippen molar-refractivity contribution >= 4 is 17.3 Å². The van der Waals surface area contributed by atoms with Gasteiger partial charge in [-0.2, -0.15) is 0 Å². The fraction of sp³-hybridized carbons (Fsp3) is 0.235. The molecule has 1 heterocycles. The summed E-state index contributed by atoms with van der Waals surface area (Å²) in [6, 6.07) is 11.0. The van der Waals surface area contributed by atoms with Crippen molar-refractivity contribution in [1.29, 1.82) is 0 Å². The maximum Gasteiger partial charge on any atom is 0.259 e. The molecule has 0 saturated heterocycles. The molecule has 0 spiro atoms. The average Bonchev–Trinajstić information content (AvgIpc) is 2.50. The molecular formula is C17H18N2O2. The van der Waals surface area contributed by atoms with Crippen LogP contribution in [0.25, 0.3) is 0 Å². The van der Waals surface area contributed by atoms with Crippen molar-refractivity contribution in [1.82, 2.24) is 0 Å². The van der Waals surface area contributed by atoms with Gasteiger partial charge in [0.25, 0.3) is 5.91 Å². The molecule has 0 aromatic heterocycles. The lowest BCUT2D eigenvalue weighted by Gasteiger charge is -2.19. The summed E-state index contributed by atoms with van der Waals surface area (Å²) in [5.74, 6) is -0.255. The van der Waals surface area contributed by atoms with E-state index in [2.05, 4.69) is 10.6 Å². The second kappa shape index (κ2) is 5.48. The first-order chi connectivity index (χ1) is 10.1. The lowest BCUT2D eigenvalue weighted by molar-refractivity contribution is 0.102. The number of hydrogen-bond acceptors (Lipinski definition) is 3. The molecule has 1 aliphatic rings.